The van der Waals surface area contributed by atoms with E-state index < -0.39 is 0 Å². The maximum absolute atomic E-state index is 4.63. The van der Waals surface area contributed by atoms with Gasteiger partial charge in [0.25, 0.3) is 0 Å². The molecule has 0 spiro atoms. The summed E-state index contributed by atoms with van der Waals surface area (Å²) in [4.78, 5) is 11.4. The van der Waals surface area contributed by atoms with Gasteiger partial charge >= 0.3 is 0 Å². The molecular weight excluding hydrogens is 238 g/mol. The first-order chi connectivity index (χ1) is 9.24. The third-order valence-electron chi connectivity index (χ3n) is 3.71. The van der Waals surface area contributed by atoms with Crippen molar-refractivity contribution in [2.45, 2.75) is 32.7 Å². The van der Waals surface area contributed by atoms with Gasteiger partial charge in [-0.05, 0) is 32.8 Å². The number of nitrogens with zero attached hydrogens (tertiary/aromatic N) is 5. The van der Waals surface area contributed by atoms with Crippen LogP contribution in [0.25, 0.3) is 0 Å². The number of piperidine rings is 1. The Kier molecular flexibility index (Phi) is 3.19. The summed E-state index contributed by atoms with van der Waals surface area (Å²) in [5.74, 6) is 1.04. The zero-order valence-electron chi connectivity index (χ0n) is 11.5. The maximum Gasteiger partial charge on any atom is 0.150 e. The molecule has 3 rings (SSSR count). The monoisotopic (exact) mass is 257 g/mol. The molecule has 0 saturated carbocycles. The molecule has 0 bridgehead atoms. The maximum atomic E-state index is 4.63. The van der Waals surface area contributed by atoms with Crippen molar-refractivity contribution in [3.63, 3.8) is 0 Å². The topological polar surface area (TPSA) is 46.8 Å². The molecule has 1 fully saturated rings. The summed E-state index contributed by atoms with van der Waals surface area (Å²) in [7, 11) is 0. The number of aryl methyl sites for hydroxylation is 2. The predicted molar refractivity (Wildman–Crippen MR) is 74.2 cm³/mol. The molecule has 2 aromatic rings. The average Bonchev–Trinajstić information content (AvgIpc) is 2.96. The van der Waals surface area contributed by atoms with Crippen LogP contribution in [0.5, 0.6) is 0 Å². The fourth-order valence-electron chi connectivity index (χ4n) is 2.66. The van der Waals surface area contributed by atoms with Gasteiger partial charge in [0.05, 0.1) is 17.4 Å². The van der Waals surface area contributed by atoms with E-state index in [1.807, 2.05) is 32.3 Å². The Bertz CT molecular complexity index is 541. The first kappa shape index (κ1) is 12.1. The summed E-state index contributed by atoms with van der Waals surface area (Å²) >= 11 is 0. The van der Waals surface area contributed by atoms with Gasteiger partial charge in [-0.1, -0.05) is 0 Å². The first-order valence-electron chi connectivity index (χ1n) is 6.78. The van der Waals surface area contributed by atoms with Gasteiger partial charge in [-0.2, -0.15) is 5.10 Å². The third-order valence-corrected chi connectivity index (χ3v) is 3.71. The molecule has 0 atom stereocenters. The minimum Gasteiger partial charge on any atom is -0.355 e. The van der Waals surface area contributed by atoms with Crippen LogP contribution in [0.2, 0.25) is 0 Å². The van der Waals surface area contributed by atoms with E-state index in [4.69, 9.17) is 0 Å². The molecule has 0 aromatic carbocycles. The van der Waals surface area contributed by atoms with E-state index in [9.17, 15) is 0 Å². The van der Waals surface area contributed by atoms with Gasteiger partial charge in [0.15, 0.2) is 0 Å². The Morgan fingerprint density at radius 1 is 1.21 bits per heavy atom. The van der Waals surface area contributed by atoms with Gasteiger partial charge in [0.2, 0.25) is 0 Å². The lowest BCUT2D eigenvalue weighted by Gasteiger charge is -2.33. The molecule has 3 heterocycles. The van der Waals surface area contributed by atoms with E-state index in [-0.39, 0.29) is 0 Å². The van der Waals surface area contributed by atoms with Crippen LogP contribution in [0, 0.1) is 13.8 Å². The largest absolute Gasteiger partial charge is 0.355 e. The lowest BCUT2D eigenvalue weighted by atomic mass is 10.1. The average molecular weight is 257 g/mol. The van der Waals surface area contributed by atoms with Crippen LogP contribution in [-0.4, -0.2) is 32.8 Å². The minimum absolute atomic E-state index is 0.518. The van der Waals surface area contributed by atoms with Crippen molar-refractivity contribution < 1.29 is 0 Å². The number of aromatic nitrogens is 4. The van der Waals surface area contributed by atoms with Crippen molar-refractivity contribution in [1.82, 2.24) is 19.7 Å². The standard InChI is InChI=1S/C14H19N5/c1-11-10-15-12(2)14(17-11)18-8-4-13(5-9-18)19-7-3-6-16-19/h3,6-7,10,13H,4-5,8-9H2,1-2H3. The van der Waals surface area contributed by atoms with Crippen LogP contribution in [-0.2, 0) is 0 Å². The molecule has 1 aliphatic rings. The highest BCUT2D eigenvalue weighted by Crippen LogP contribution is 2.26. The van der Waals surface area contributed by atoms with Crippen LogP contribution in [0.4, 0.5) is 5.82 Å². The van der Waals surface area contributed by atoms with Crippen LogP contribution in [0.15, 0.2) is 24.7 Å². The molecule has 0 N–H and O–H groups in total. The molecule has 19 heavy (non-hydrogen) atoms. The second kappa shape index (κ2) is 4.99. The number of rotatable bonds is 2. The van der Waals surface area contributed by atoms with E-state index >= 15 is 0 Å². The van der Waals surface area contributed by atoms with Crippen molar-refractivity contribution in [3.8, 4) is 0 Å². The molecule has 1 aliphatic heterocycles. The molecule has 0 aliphatic carbocycles. The van der Waals surface area contributed by atoms with Crippen molar-refractivity contribution in [3.05, 3.63) is 36.0 Å². The van der Waals surface area contributed by atoms with Gasteiger partial charge in [-0.25, -0.2) is 4.98 Å². The lowest BCUT2D eigenvalue weighted by Crippen LogP contribution is -2.36. The highest BCUT2D eigenvalue weighted by Gasteiger charge is 2.22. The zero-order valence-corrected chi connectivity index (χ0v) is 11.5. The number of hydrogen-bond donors (Lipinski definition) is 0. The minimum atomic E-state index is 0.518. The summed E-state index contributed by atoms with van der Waals surface area (Å²) in [5, 5.41) is 4.34. The second-order valence-corrected chi connectivity index (χ2v) is 5.12. The Morgan fingerprint density at radius 2 is 2.00 bits per heavy atom. The van der Waals surface area contributed by atoms with Gasteiger partial charge in [-0.3, -0.25) is 9.67 Å². The molecule has 5 heteroatoms. The Morgan fingerprint density at radius 3 is 2.68 bits per heavy atom. The zero-order chi connectivity index (χ0) is 13.2. The SMILES string of the molecule is Cc1cnc(C)c(N2CCC(n3cccn3)CC2)n1. The van der Waals surface area contributed by atoms with E-state index in [1.54, 1.807) is 0 Å². The van der Waals surface area contributed by atoms with Gasteiger partial charge in [-0.15, -0.1) is 0 Å². The van der Waals surface area contributed by atoms with Gasteiger partial charge in [0.1, 0.15) is 5.82 Å². The van der Waals surface area contributed by atoms with E-state index in [2.05, 4.69) is 30.8 Å². The van der Waals surface area contributed by atoms with Crippen LogP contribution >= 0.6 is 0 Å². The second-order valence-electron chi connectivity index (χ2n) is 5.12. The molecule has 0 unspecified atom stereocenters. The summed E-state index contributed by atoms with van der Waals surface area (Å²) in [6.07, 6.45) is 7.95. The molecule has 5 nitrogen and oxygen atoms in total. The molecule has 0 radical (unpaired) electrons. The third kappa shape index (κ3) is 2.45. The first-order valence-corrected chi connectivity index (χ1v) is 6.78. The van der Waals surface area contributed by atoms with Crippen molar-refractivity contribution in [2.24, 2.45) is 0 Å². The quantitative estimate of drug-likeness (QED) is 0.827. The van der Waals surface area contributed by atoms with Crippen molar-refractivity contribution in [2.75, 3.05) is 18.0 Å². The van der Waals surface area contributed by atoms with Crippen molar-refractivity contribution >= 4 is 5.82 Å². The summed E-state index contributed by atoms with van der Waals surface area (Å²) < 4.78 is 2.08. The predicted octanol–water partition coefficient (Wildman–Crippen LogP) is 2.13. The Hall–Kier alpha value is -1.91. The smallest absolute Gasteiger partial charge is 0.150 e. The summed E-state index contributed by atoms with van der Waals surface area (Å²) in [5.41, 5.74) is 2.00. The highest BCUT2D eigenvalue weighted by molar-refractivity contribution is 5.43. The van der Waals surface area contributed by atoms with Crippen molar-refractivity contribution in [1.29, 1.82) is 0 Å². The van der Waals surface area contributed by atoms with E-state index in [1.165, 1.54) is 0 Å². The number of anilines is 1. The van der Waals surface area contributed by atoms with Gasteiger partial charge < -0.3 is 4.90 Å². The molecule has 2 aromatic heterocycles. The fraction of sp³-hybridized carbons (Fsp3) is 0.500. The van der Waals surface area contributed by atoms with Crippen LogP contribution < -0.4 is 4.90 Å². The van der Waals surface area contributed by atoms with Crippen LogP contribution in [0.3, 0.4) is 0 Å². The van der Waals surface area contributed by atoms with Gasteiger partial charge in [0, 0.05) is 31.7 Å². The Balaban J connectivity index is 1.71. The highest BCUT2D eigenvalue weighted by atomic mass is 15.3. The lowest BCUT2D eigenvalue weighted by molar-refractivity contribution is 0.365. The number of hydrogen-bond acceptors (Lipinski definition) is 4. The molecular formula is C14H19N5. The molecule has 100 valence electrons. The summed E-state index contributed by atoms with van der Waals surface area (Å²) in [6, 6.07) is 2.51. The van der Waals surface area contributed by atoms with E-state index in [0.29, 0.717) is 6.04 Å². The Labute approximate surface area is 113 Å². The summed E-state index contributed by atoms with van der Waals surface area (Å²) in [6.45, 7) is 6.06. The fourth-order valence-corrected chi connectivity index (χ4v) is 2.66. The van der Waals surface area contributed by atoms with E-state index in [0.717, 1.165) is 43.1 Å². The normalized spacial score (nSPS) is 16.8. The van der Waals surface area contributed by atoms with Crippen LogP contribution in [0.1, 0.15) is 30.3 Å². The molecule has 0 amide bonds. The molecule has 1 saturated heterocycles.